The van der Waals surface area contributed by atoms with Crippen molar-refractivity contribution < 1.29 is 5.11 Å². The molecular weight excluding hydrogens is 248 g/mol. The van der Waals surface area contributed by atoms with Gasteiger partial charge in [-0.15, -0.1) is 0 Å². The zero-order valence-electron chi connectivity index (χ0n) is 14.3. The molecule has 0 heterocycles. The van der Waals surface area contributed by atoms with E-state index in [1.165, 1.54) is 19.3 Å². The van der Waals surface area contributed by atoms with E-state index in [-0.39, 0.29) is 12.1 Å². The maximum absolute atomic E-state index is 9.87. The van der Waals surface area contributed by atoms with Crippen LogP contribution in [0.4, 0.5) is 0 Å². The molecule has 3 atom stereocenters. The van der Waals surface area contributed by atoms with Gasteiger partial charge in [-0.1, -0.05) is 20.8 Å². The highest BCUT2D eigenvalue weighted by molar-refractivity contribution is 4.96. The van der Waals surface area contributed by atoms with E-state index in [9.17, 15) is 5.11 Å². The van der Waals surface area contributed by atoms with E-state index in [2.05, 4.69) is 45.0 Å². The summed E-state index contributed by atoms with van der Waals surface area (Å²) in [5.41, 5.74) is -0.0370. The third-order valence-electron chi connectivity index (χ3n) is 4.96. The predicted molar refractivity (Wildman–Crippen MR) is 87.0 cm³/mol. The molecule has 3 heteroatoms. The quantitative estimate of drug-likeness (QED) is 0.719. The van der Waals surface area contributed by atoms with Crippen LogP contribution in [-0.2, 0) is 0 Å². The number of rotatable bonds is 8. The molecule has 0 bridgehead atoms. The van der Waals surface area contributed by atoms with Crippen LogP contribution in [0.15, 0.2) is 0 Å². The van der Waals surface area contributed by atoms with Crippen molar-refractivity contribution in [2.75, 3.05) is 20.2 Å². The summed E-state index contributed by atoms with van der Waals surface area (Å²) in [4.78, 5) is 2.55. The molecule has 3 unspecified atom stereocenters. The van der Waals surface area contributed by atoms with Crippen LogP contribution in [0.2, 0.25) is 0 Å². The van der Waals surface area contributed by atoms with Crippen LogP contribution in [0.3, 0.4) is 0 Å². The molecule has 0 aromatic heterocycles. The molecule has 0 radical (unpaired) electrons. The highest BCUT2D eigenvalue weighted by Gasteiger charge is 2.37. The molecule has 20 heavy (non-hydrogen) atoms. The van der Waals surface area contributed by atoms with Crippen LogP contribution in [0.1, 0.15) is 66.2 Å². The first-order valence-corrected chi connectivity index (χ1v) is 8.52. The van der Waals surface area contributed by atoms with Crippen molar-refractivity contribution >= 4 is 0 Å². The highest BCUT2D eigenvalue weighted by Crippen LogP contribution is 2.32. The molecular formula is C17H36N2O. The van der Waals surface area contributed by atoms with E-state index in [0.29, 0.717) is 12.1 Å². The zero-order valence-corrected chi connectivity index (χ0v) is 14.3. The van der Waals surface area contributed by atoms with Gasteiger partial charge in [-0.05, 0) is 65.0 Å². The Kier molecular flexibility index (Phi) is 7.49. The van der Waals surface area contributed by atoms with Crippen molar-refractivity contribution in [1.82, 2.24) is 10.2 Å². The van der Waals surface area contributed by atoms with Crippen LogP contribution >= 0.6 is 0 Å². The molecule has 0 saturated heterocycles. The fourth-order valence-electron chi connectivity index (χ4n) is 3.64. The summed E-state index contributed by atoms with van der Waals surface area (Å²) in [5, 5.41) is 13.5. The normalized spacial score (nSPS) is 29.1. The largest absolute Gasteiger partial charge is 0.394 e. The maximum Gasteiger partial charge on any atom is 0.0613 e. The summed E-state index contributed by atoms with van der Waals surface area (Å²) in [6.07, 6.45) is 7.08. The van der Waals surface area contributed by atoms with Crippen molar-refractivity contribution in [3.63, 3.8) is 0 Å². The van der Waals surface area contributed by atoms with Crippen LogP contribution < -0.4 is 5.32 Å². The Balaban J connectivity index is 2.62. The van der Waals surface area contributed by atoms with Gasteiger partial charge < -0.3 is 15.3 Å². The molecule has 0 amide bonds. The number of aliphatic hydroxyl groups excluding tert-OH is 1. The van der Waals surface area contributed by atoms with Crippen LogP contribution in [0.5, 0.6) is 0 Å². The molecule has 0 aromatic rings. The number of nitrogens with one attached hydrogen (secondary N) is 1. The van der Waals surface area contributed by atoms with Crippen molar-refractivity contribution in [2.45, 2.75) is 83.8 Å². The lowest BCUT2D eigenvalue weighted by Gasteiger charge is -2.45. The van der Waals surface area contributed by atoms with Gasteiger partial charge in [0.05, 0.1) is 6.61 Å². The molecule has 1 aliphatic rings. The third kappa shape index (κ3) is 5.01. The fourth-order valence-corrected chi connectivity index (χ4v) is 3.64. The molecule has 1 aliphatic carbocycles. The molecule has 120 valence electrons. The minimum atomic E-state index is -0.0370. The van der Waals surface area contributed by atoms with E-state index in [0.717, 1.165) is 31.7 Å². The van der Waals surface area contributed by atoms with Gasteiger partial charge in [-0.25, -0.2) is 0 Å². The lowest BCUT2D eigenvalue weighted by atomic mass is 9.78. The summed E-state index contributed by atoms with van der Waals surface area (Å²) < 4.78 is 0. The van der Waals surface area contributed by atoms with Gasteiger partial charge in [0.15, 0.2) is 0 Å². The zero-order chi connectivity index (χ0) is 15.2. The summed E-state index contributed by atoms with van der Waals surface area (Å²) in [6, 6.07) is 1.23. The molecule has 3 nitrogen and oxygen atoms in total. The maximum atomic E-state index is 9.87. The summed E-state index contributed by atoms with van der Waals surface area (Å²) in [6.45, 7) is 10.4. The van der Waals surface area contributed by atoms with Crippen molar-refractivity contribution in [3.8, 4) is 0 Å². The van der Waals surface area contributed by atoms with E-state index in [1.54, 1.807) is 0 Å². The van der Waals surface area contributed by atoms with Gasteiger partial charge in [-0.2, -0.15) is 0 Å². The first kappa shape index (κ1) is 17.9. The standard InChI is InChI=1S/C17H36N2O/c1-6-10-18-17(13-20)9-7-8-16(12-17)19(5)15(4)11-14(2)3/h14-16,18,20H,6-13H2,1-5H3. The molecule has 0 aliphatic heterocycles. The average molecular weight is 284 g/mol. The molecule has 1 rings (SSSR count). The van der Waals surface area contributed by atoms with Gasteiger partial charge in [0.1, 0.15) is 0 Å². The molecule has 0 spiro atoms. The molecule has 2 N–H and O–H groups in total. The minimum Gasteiger partial charge on any atom is -0.394 e. The molecule has 1 saturated carbocycles. The van der Waals surface area contributed by atoms with Gasteiger partial charge in [0.25, 0.3) is 0 Å². The van der Waals surface area contributed by atoms with Crippen LogP contribution in [-0.4, -0.2) is 47.8 Å². The first-order valence-electron chi connectivity index (χ1n) is 8.52. The Bertz CT molecular complexity index is 270. The molecule has 1 fully saturated rings. The van der Waals surface area contributed by atoms with E-state index < -0.39 is 0 Å². The Hall–Kier alpha value is -0.120. The highest BCUT2D eigenvalue weighted by atomic mass is 16.3. The summed E-state index contributed by atoms with van der Waals surface area (Å²) in [7, 11) is 2.27. The summed E-state index contributed by atoms with van der Waals surface area (Å²) in [5.74, 6) is 0.747. The van der Waals surface area contributed by atoms with Crippen molar-refractivity contribution in [3.05, 3.63) is 0 Å². The summed E-state index contributed by atoms with van der Waals surface area (Å²) >= 11 is 0. The van der Waals surface area contributed by atoms with Gasteiger partial charge in [0, 0.05) is 17.6 Å². The fraction of sp³-hybridized carbons (Fsp3) is 1.00. The minimum absolute atomic E-state index is 0.0370. The number of hydrogen-bond donors (Lipinski definition) is 2. The Labute approximate surface area is 126 Å². The third-order valence-corrected chi connectivity index (χ3v) is 4.96. The monoisotopic (exact) mass is 284 g/mol. The SMILES string of the molecule is CCCNC1(CO)CCCC(N(C)C(C)CC(C)C)C1. The van der Waals surface area contributed by atoms with E-state index >= 15 is 0 Å². The Morgan fingerprint density at radius 1 is 1.35 bits per heavy atom. The first-order chi connectivity index (χ1) is 9.44. The number of aliphatic hydroxyl groups is 1. The molecule has 0 aromatic carbocycles. The predicted octanol–water partition coefficient (Wildman–Crippen LogP) is 3.03. The van der Waals surface area contributed by atoms with Gasteiger partial charge >= 0.3 is 0 Å². The number of hydrogen-bond acceptors (Lipinski definition) is 3. The Morgan fingerprint density at radius 3 is 2.60 bits per heavy atom. The number of nitrogens with zero attached hydrogens (tertiary/aromatic N) is 1. The lowest BCUT2D eigenvalue weighted by Crippen LogP contribution is -2.56. The second kappa shape index (κ2) is 8.35. The van der Waals surface area contributed by atoms with Crippen LogP contribution in [0, 0.1) is 5.92 Å². The lowest BCUT2D eigenvalue weighted by molar-refractivity contribution is 0.0517. The van der Waals surface area contributed by atoms with E-state index in [4.69, 9.17) is 0 Å². The van der Waals surface area contributed by atoms with E-state index in [1.807, 2.05) is 0 Å². The Morgan fingerprint density at radius 2 is 2.05 bits per heavy atom. The smallest absolute Gasteiger partial charge is 0.0613 e. The average Bonchev–Trinajstić information content (AvgIpc) is 2.43. The van der Waals surface area contributed by atoms with Gasteiger partial charge in [-0.3, -0.25) is 0 Å². The van der Waals surface area contributed by atoms with Crippen LogP contribution in [0.25, 0.3) is 0 Å². The van der Waals surface area contributed by atoms with Crippen molar-refractivity contribution in [2.24, 2.45) is 5.92 Å². The second-order valence-corrected chi connectivity index (χ2v) is 7.26. The topological polar surface area (TPSA) is 35.5 Å². The van der Waals surface area contributed by atoms with Gasteiger partial charge in [0.2, 0.25) is 0 Å². The van der Waals surface area contributed by atoms with Crippen molar-refractivity contribution in [1.29, 1.82) is 0 Å². The second-order valence-electron chi connectivity index (χ2n) is 7.26.